The Morgan fingerprint density at radius 2 is 1.82 bits per heavy atom. The molecule has 0 saturated heterocycles. The number of hydrogen-bond acceptors (Lipinski definition) is 5. The van der Waals surface area contributed by atoms with Crippen LogP contribution in [0, 0.1) is 0 Å². The van der Waals surface area contributed by atoms with E-state index in [4.69, 9.17) is 14.2 Å². The number of aromatic nitrogens is 3. The Morgan fingerprint density at radius 3 is 2.64 bits per heavy atom. The maximum Gasteiger partial charge on any atom is 0.135 e. The summed E-state index contributed by atoms with van der Waals surface area (Å²) in [5, 5.41) is 1.02. The van der Waals surface area contributed by atoms with E-state index in [2.05, 4.69) is 26.7 Å². The molecule has 0 bridgehead atoms. The van der Waals surface area contributed by atoms with E-state index < -0.39 is 0 Å². The van der Waals surface area contributed by atoms with E-state index >= 15 is 0 Å². The highest BCUT2D eigenvalue weighted by molar-refractivity contribution is 6.02. The van der Waals surface area contributed by atoms with Crippen molar-refractivity contribution in [2.45, 2.75) is 13.2 Å². The van der Waals surface area contributed by atoms with Crippen LogP contribution in [0.4, 0.5) is 0 Å². The van der Waals surface area contributed by atoms with Gasteiger partial charge in [0.1, 0.15) is 30.3 Å². The van der Waals surface area contributed by atoms with Crippen molar-refractivity contribution in [3.05, 3.63) is 66.1 Å². The first-order chi connectivity index (χ1) is 13.8. The molecule has 0 N–H and O–H groups in total. The van der Waals surface area contributed by atoms with Crippen molar-refractivity contribution in [1.29, 1.82) is 0 Å². The number of benzene rings is 2. The minimum atomic E-state index is 0.431. The van der Waals surface area contributed by atoms with Gasteiger partial charge in [-0.1, -0.05) is 30.3 Å². The lowest BCUT2D eigenvalue weighted by molar-refractivity contribution is 0.0578. The predicted octanol–water partition coefficient (Wildman–Crippen LogP) is 3.86. The lowest BCUT2D eigenvalue weighted by atomic mass is 10.2. The van der Waals surface area contributed by atoms with Crippen LogP contribution < -0.4 is 4.74 Å². The quantitative estimate of drug-likeness (QED) is 0.436. The van der Waals surface area contributed by atoms with Gasteiger partial charge in [0, 0.05) is 19.5 Å². The summed E-state index contributed by atoms with van der Waals surface area (Å²) in [6.45, 7) is 2.06. The molecule has 6 heteroatoms. The second-order valence-corrected chi connectivity index (χ2v) is 6.58. The fourth-order valence-corrected chi connectivity index (χ4v) is 3.19. The summed E-state index contributed by atoms with van der Waals surface area (Å²) in [6.07, 6.45) is 1.81. The van der Waals surface area contributed by atoms with Gasteiger partial charge in [0.25, 0.3) is 0 Å². The van der Waals surface area contributed by atoms with Crippen LogP contribution in [0.3, 0.4) is 0 Å². The molecular formula is C22H23N3O3. The largest absolute Gasteiger partial charge is 0.489 e. The molecule has 6 nitrogen and oxygen atoms in total. The number of ether oxygens (including phenoxy) is 3. The third kappa shape index (κ3) is 3.83. The molecule has 2 aromatic heterocycles. The molecule has 0 unspecified atom stereocenters. The van der Waals surface area contributed by atoms with Gasteiger partial charge in [0.15, 0.2) is 0 Å². The molecule has 4 rings (SSSR count). The third-order valence-electron chi connectivity index (χ3n) is 4.68. The molecule has 28 heavy (non-hydrogen) atoms. The van der Waals surface area contributed by atoms with Gasteiger partial charge < -0.3 is 18.8 Å². The molecule has 0 radical (unpaired) electrons. The minimum Gasteiger partial charge on any atom is -0.489 e. The molecule has 0 spiro atoms. The van der Waals surface area contributed by atoms with Crippen LogP contribution in [0.25, 0.3) is 21.9 Å². The SMILES string of the molecule is COCCOCc1nc2cnc3ccc(OCc4ccccc4)cc3c2n1C. The van der Waals surface area contributed by atoms with Crippen LogP contribution in [-0.4, -0.2) is 34.9 Å². The summed E-state index contributed by atoms with van der Waals surface area (Å²) in [5.74, 6) is 1.67. The first kappa shape index (κ1) is 18.4. The van der Waals surface area contributed by atoms with Crippen LogP contribution in [0.2, 0.25) is 0 Å². The van der Waals surface area contributed by atoms with Crippen LogP contribution >= 0.6 is 0 Å². The van der Waals surface area contributed by atoms with Gasteiger partial charge in [0.2, 0.25) is 0 Å². The second kappa shape index (κ2) is 8.37. The second-order valence-electron chi connectivity index (χ2n) is 6.58. The number of nitrogens with zero attached hydrogens (tertiary/aromatic N) is 3. The van der Waals surface area contributed by atoms with Crippen molar-refractivity contribution in [3.63, 3.8) is 0 Å². The first-order valence-electron chi connectivity index (χ1n) is 9.24. The number of imidazole rings is 1. The van der Waals surface area contributed by atoms with E-state index in [1.54, 1.807) is 13.3 Å². The molecule has 0 fully saturated rings. The number of pyridine rings is 1. The highest BCUT2D eigenvalue weighted by Gasteiger charge is 2.13. The summed E-state index contributed by atoms with van der Waals surface area (Å²) in [4.78, 5) is 9.22. The average Bonchev–Trinajstić information content (AvgIpc) is 3.06. The van der Waals surface area contributed by atoms with E-state index in [0.717, 1.165) is 39.1 Å². The molecule has 0 atom stereocenters. The van der Waals surface area contributed by atoms with Crippen LogP contribution in [0.15, 0.2) is 54.7 Å². The number of aryl methyl sites for hydroxylation is 1. The van der Waals surface area contributed by atoms with Crippen LogP contribution in [0.5, 0.6) is 5.75 Å². The van der Waals surface area contributed by atoms with Gasteiger partial charge in [-0.05, 0) is 23.8 Å². The normalized spacial score (nSPS) is 11.4. The number of fused-ring (bicyclic) bond motifs is 3. The molecule has 0 amide bonds. The highest BCUT2D eigenvalue weighted by atomic mass is 16.5. The van der Waals surface area contributed by atoms with Crippen molar-refractivity contribution in [2.24, 2.45) is 7.05 Å². The third-order valence-corrected chi connectivity index (χ3v) is 4.68. The first-order valence-corrected chi connectivity index (χ1v) is 9.24. The molecule has 4 aromatic rings. The summed E-state index contributed by atoms with van der Waals surface area (Å²) in [7, 11) is 3.66. The Labute approximate surface area is 163 Å². The lowest BCUT2D eigenvalue weighted by Gasteiger charge is -2.09. The Hall–Kier alpha value is -2.96. The zero-order chi connectivity index (χ0) is 19.3. The monoisotopic (exact) mass is 377 g/mol. The molecular weight excluding hydrogens is 354 g/mol. The molecule has 2 aromatic carbocycles. The van der Waals surface area contributed by atoms with Crippen molar-refractivity contribution in [1.82, 2.24) is 14.5 Å². The van der Waals surface area contributed by atoms with Gasteiger partial charge in [-0.3, -0.25) is 4.98 Å². The Bertz CT molecular complexity index is 1080. The molecule has 0 saturated carbocycles. The van der Waals surface area contributed by atoms with Crippen LogP contribution in [0.1, 0.15) is 11.4 Å². The smallest absolute Gasteiger partial charge is 0.135 e. The van der Waals surface area contributed by atoms with Crippen molar-refractivity contribution >= 4 is 21.9 Å². The molecule has 0 aliphatic carbocycles. The summed E-state index contributed by atoms with van der Waals surface area (Å²) in [5.41, 5.74) is 3.92. The molecule has 144 valence electrons. The average molecular weight is 377 g/mol. The van der Waals surface area contributed by atoms with E-state index in [1.807, 2.05) is 43.4 Å². The summed E-state index contributed by atoms with van der Waals surface area (Å²) < 4.78 is 18.7. The van der Waals surface area contributed by atoms with E-state index in [0.29, 0.717) is 26.4 Å². The van der Waals surface area contributed by atoms with E-state index in [9.17, 15) is 0 Å². The maximum atomic E-state index is 5.99. The molecule has 2 heterocycles. The standard InChI is InChI=1S/C22H23N3O3/c1-25-21(15-27-11-10-26-2)24-20-13-23-19-9-8-17(12-18(19)22(20)25)28-14-16-6-4-3-5-7-16/h3-9,12-13H,10-11,14-15H2,1-2H3. The van der Waals surface area contributed by atoms with Crippen molar-refractivity contribution < 1.29 is 14.2 Å². The van der Waals surface area contributed by atoms with Crippen LogP contribution in [-0.2, 0) is 29.7 Å². The minimum absolute atomic E-state index is 0.431. The van der Waals surface area contributed by atoms with Gasteiger partial charge in [-0.2, -0.15) is 0 Å². The van der Waals surface area contributed by atoms with E-state index in [1.165, 1.54) is 0 Å². The van der Waals surface area contributed by atoms with E-state index in [-0.39, 0.29) is 0 Å². The van der Waals surface area contributed by atoms with Gasteiger partial charge in [0.05, 0.1) is 30.4 Å². The topological polar surface area (TPSA) is 58.4 Å². The zero-order valence-electron chi connectivity index (χ0n) is 16.1. The predicted molar refractivity (Wildman–Crippen MR) is 108 cm³/mol. The zero-order valence-corrected chi connectivity index (χ0v) is 16.1. The fourth-order valence-electron chi connectivity index (χ4n) is 3.19. The van der Waals surface area contributed by atoms with Gasteiger partial charge in [-0.15, -0.1) is 0 Å². The summed E-state index contributed by atoms with van der Waals surface area (Å²) in [6, 6.07) is 16.1. The number of rotatable bonds is 8. The number of methoxy groups -OCH3 is 1. The van der Waals surface area contributed by atoms with Crippen molar-refractivity contribution in [2.75, 3.05) is 20.3 Å². The summed E-state index contributed by atoms with van der Waals surface area (Å²) >= 11 is 0. The Balaban J connectivity index is 1.62. The Morgan fingerprint density at radius 1 is 0.964 bits per heavy atom. The number of hydrogen-bond donors (Lipinski definition) is 0. The highest BCUT2D eigenvalue weighted by Crippen LogP contribution is 2.28. The van der Waals surface area contributed by atoms with Gasteiger partial charge >= 0.3 is 0 Å². The lowest BCUT2D eigenvalue weighted by Crippen LogP contribution is -2.05. The molecule has 0 aliphatic heterocycles. The van der Waals surface area contributed by atoms with Gasteiger partial charge in [-0.25, -0.2) is 4.98 Å². The fraction of sp³-hybridized carbons (Fsp3) is 0.273. The Kier molecular flexibility index (Phi) is 5.50. The maximum absolute atomic E-state index is 5.99. The molecule has 0 aliphatic rings. The van der Waals surface area contributed by atoms with Crippen molar-refractivity contribution in [3.8, 4) is 5.75 Å².